The van der Waals surface area contributed by atoms with Gasteiger partial charge in [-0.3, -0.25) is 4.90 Å². The third-order valence-electron chi connectivity index (χ3n) is 1.47. The number of hydrogen-bond acceptors (Lipinski definition) is 3. The minimum Gasteiger partial charge on any atom is -0.395 e. The van der Waals surface area contributed by atoms with Crippen LogP contribution in [0.1, 0.15) is 34.6 Å². The van der Waals surface area contributed by atoms with Gasteiger partial charge in [0.1, 0.15) is 0 Å². The summed E-state index contributed by atoms with van der Waals surface area (Å²) in [5.41, 5.74) is -0.662. The van der Waals surface area contributed by atoms with Gasteiger partial charge >= 0.3 is 0 Å². The Bertz CT molecular complexity index is 99.6. The quantitative estimate of drug-likeness (QED) is 0.684. The molecule has 0 heterocycles. The van der Waals surface area contributed by atoms with Gasteiger partial charge in [0.15, 0.2) is 0 Å². The zero-order valence-electron chi connectivity index (χ0n) is 9.67. The highest BCUT2D eigenvalue weighted by Gasteiger charge is 2.16. The van der Waals surface area contributed by atoms with Gasteiger partial charge in [-0.25, -0.2) is 0 Å². The van der Waals surface area contributed by atoms with Crippen molar-refractivity contribution < 1.29 is 10.2 Å². The number of aliphatic hydroxyl groups is 2. The molecule has 0 rings (SSSR count). The third-order valence-corrected chi connectivity index (χ3v) is 1.47. The third kappa shape index (κ3) is 11.9. The van der Waals surface area contributed by atoms with Crippen molar-refractivity contribution >= 4 is 0 Å². The summed E-state index contributed by atoms with van der Waals surface area (Å²) in [5, 5.41) is 18.1. The zero-order chi connectivity index (χ0) is 10.9. The average Bonchev–Trinajstić information content (AvgIpc) is 2.05. The van der Waals surface area contributed by atoms with E-state index in [1.165, 1.54) is 0 Å². The summed E-state index contributed by atoms with van der Waals surface area (Å²) < 4.78 is 0. The lowest BCUT2D eigenvalue weighted by Crippen LogP contribution is -2.39. The predicted octanol–water partition coefficient (Wildman–Crippen LogP) is 1.10. The van der Waals surface area contributed by atoms with Gasteiger partial charge in [-0.2, -0.15) is 0 Å². The van der Waals surface area contributed by atoms with Crippen LogP contribution in [0.25, 0.3) is 0 Å². The molecule has 0 aliphatic heterocycles. The van der Waals surface area contributed by atoms with Crippen LogP contribution in [0.15, 0.2) is 0 Å². The SMILES string of the molecule is CC.CCN(CCO)CC(C)(C)O. The van der Waals surface area contributed by atoms with Crippen LogP contribution in [-0.4, -0.2) is 47.0 Å². The van der Waals surface area contributed by atoms with E-state index in [9.17, 15) is 5.11 Å². The van der Waals surface area contributed by atoms with Gasteiger partial charge < -0.3 is 10.2 Å². The summed E-state index contributed by atoms with van der Waals surface area (Å²) in [4.78, 5) is 2.01. The molecule has 0 aromatic rings. The zero-order valence-corrected chi connectivity index (χ0v) is 9.67. The molecule has 0 bridgehead atoms. The molecule has 0 spiro atoms. The summed E-state index contributed by atoms with van der Waals surface area (Å²) in [5.74, 6) is 0. The maximum Gasteiger partial charge on any atom is 0.0718 e. The van der Waals surface area contributed by atoms with E-state index in [1.54, 1.807) is 13.8 Å². The van der Waals surface area contributed by atoms with Crippen molar-refractivity contribution in [2.75, 3.05) is 26.2 Å². The summed E-state index contributed by atoms with van der Waals surface area (Å²) in [6, 6.07) is 0. The standard InChI is InChI=1S/C8H19NO2.C2H6/c1-4-9(5-6-10)7-8(2,3)11;1-2/h10-11H,4-7H2,1-3H3;1-2H3. The first-order valence-electron chi connectivity index (χ1n) is 5.05. The van der Waals surface area contributed by atoms with Gasteiger partial charge in [0, 0.05) is 13.1 Å². The van der Waals surface area contributed by atoms with Gasteiger partial charge in [0.2, 0.25) is 0 Å². The summed E-state index contributed by atoms with van der Waals surface area (Å²) in [6.45, 7) is 11.8. The van der Waals surface area contributed by atoms with Crippen molar-refractivity contribution in [2.45, 2.75) is 40.2 Å². The molecule has 3 nitrogen and oxygen atoms in total. The van der Waals surface area contributed by atoms with Crippen molar-refractivity contribution in [1.82, 2.24) is 4.90 Å². The van der Waals surface area contributed by atoms with Crippen molar-refractivity contribution in [3.05, 3.63) is 0 Å². The molecule has 0 saturated heterocycles. The second kappa shape index (κ2) is 8.48. The maximum absolute atomic E-state index is 9.42. The summed E-state index contributed by atoms with van der Waals surface area (Å²) in [6.07, 6.45) is 0. The van der Waals surface area contributed by atoms with E-state index in [0.717, 1.165) is 6.54 Å². The number of nitrogens with zero attached hydrogens (tertiary/aromatic N) is 1. The fraction of sp³-hybridized carbons (Fsp3) is 1.00. The highest BCUT2D eigenvalue weighted by molar-refractivity contribution is 4.70. The largest absolute Gasteiger partial charge is 0.395 e. The molecule has 82 valence electrons. The fourth-order valence-corrected chi connectivity index (χ4v) is 1.04. The Kier molecular flexibility index (Phi) is 10.0. The van der Waals surface area contributed by atoms with Gasteiger partial charge in [-0.15, -0.1) is 0 Å². The number of hydrogen-bond donors (Lipinski definition) is 2. The van der Waals surface area contributed by atoms with Gasteiger partial charge in [-0.05, 0) is 20.4 Å². The van der Waals surface area contributed by atoms with Gasteiger partial charge in [0.05, 0.1) is 12.2 Å². The van der Waals surface area contributed by atoms with Crippen molar-refractivity contribution in [2.24, 2.45) is 0 Å². The van der Waals surface area contributed by atoms with Crippen LogP contribution in [0.4, 0.5) is 0 Å². The lowest BCUT2D eigenvalue weighted by atomic mass is 10.1. The topological polar surface area (TPSA) is 43.7 Å². The Hall–Kier alpha value is -0.120. The molecule has 0 fully saturated rings. The van der Waals surface area contributed by atoms with E-state index in [2.05, 4.69) is 0 Å². The number of likely N-dealkylation sites (N-methyl/N-ethyl adjacent to an activating group) is 1. The lowest BCUT2D eigenvalue weighted by Gasteiger charge is -2.27. The van der Waals surface area contributed by atoms with E-state index < -0.39 is 5.60 Å². The Morgan fingerprint density at radius 2 is 1.69 bits per heavy atom. The second-order valence-corrected chi connectivity index (χ2v) is 3.40. The second-order valence-electron chi connectivity index (χ2n) is 3.40. The average molecular weight is 191 g/mol. The number of aliphatic hydroxyl groups excluding tert-OH is 1. The highest BCUT2D eigenvalue weighted by Crippen LogP contribution is 2.03. The fourth-order valence-electron chi connectivity index (χ4n) is 1.04. The molecular formula is C10H25NO2. The Labute approximate surface area is 82.4 Å². The Morgan fingerprint density at radius 1 is 1.23 bits per heavy atom. The first-order chi connectivity index (χ1) is 5.99. The molecule has 0 saturated carbocycles. The number of rotatable bonds is 5. The molecule has 2 N–H and O–H groups in total. The first kappa shape index (κ1) is 15.4. The molecule has 0 radical (unpaired) electrons. The van der Waals surface area contributed by atoms with Crippen molar-refractivity contribution in [3.8, 4) is 0 Å². The Morgan fingerprint density at radius 3 is 1.92 bits per heavy atom. The van der Waals surface area contributed by atoms with E-state index in [1.807, 2.05) is 25.7 Å². The molecule has 0 aliphatic carbocycles. The molecule has 0 aromatic carbocycles. The normalized spacial score (nSPS) is 11.1. The van der Waals surface area contributed by atoms with E-state index in [0.29, 0.717) is 13.1 Å². The molecule has 0 aliphatic rings. The smallest absolute Gasteiger partial charge is 0.0718 e. The predicted molar refractivity (Wildman–Crippen MR) is 56.8 cm³/mol. The molecule has 3 heteroatoms. The van der Waals surface area contributed by atoms with Crippen molar-refractivity contribution in [3.63, 3.8) is 0 Å². The lowest BCUT2D eigenvalue weighted by molar-refractivity contribution is 0.0328. The maximum atomic E-state index is 9.42. The molecule has 0 unspecified atom stereocenters. The molecule has 13 heavy (non-hydrogen) atoms. The summed E-state index contributed by atoms with van der Waals surface area (Å²) in [7, 11) is 0. The van der Waals surface area contributed by atoms with Gasteiger partial charge in [0.25, 0.3) is 0 Å². The van der Waals surface area contributed by atoms with Crippen molar-refractivity contribution in [1.29, 1.82) is 0 Å². The van der Waals surface area contributed by atoms with Crippen LogP contribution in [0.5, 0.6) is 0 Å². The summed E-state index contributed by atoms with van der Waals surface area (Å²) >= 11 is 0. The van der Waals surface area contributed by atoms with Crippen LogP contribution >= 0.6 is 0 Å². The van der Waals surface area contributed by atoms with E-state index in [4.69, 9.17) is 5.11 Å². The van der Waals surface area contributed by atoms with Crippen LogP contribution in [0, 0.1) is 0 Å². The minimum absolute atomic E-state index is 0.157. The van der Waals surface area contributed by atoms with Crippen LogP contribution in [0.3, 0.4) is 0 Å². The monoisotopic (exact) mass is 191 g/mol. The molecule has 0 atom stereocenters. The van der Waals surface area contributed by atoms with Crippen LogP contribution in [0.2, 0.25) is 0 Å². The first-order valence-corrected chi connectivity index (χ1v) is 5.05. The molecule has 0 aromatic heterocycles. The van der Waals surface area contributed by atoms with Crippen LogP contribution < -0.4 is 0 Å². The van der Waals surface area contributed by atoms with E-state index >= 15 is 0 Å². The Balaban J connectivity index is 0. The molecular weight excluding hydrogens is 166 g/mol. The van der Waals surface area contributed by atoms with E-state index in [-0.39, 0.29) is 6.61 Å². The van der Waals surface area contributed by atoms with Crippen LogP contribution in [-0.2, 0) is 0 Å². The molecule has 0 amide bonds. The highest BCUT2D eigenvalue weighted by atomic mass is 16.3. The minimum atomic E-state index is -0.662. The van der Waals surface area contributed by atoms with Gasteiger partial charge in [-0.1, -0.05) is 20.8 Å².